The Labute approximate surface area is 182 Å². The second kappa shape index (κ2) is 9.57. The zero-order valence-electron chi connectivity index (χ0n) is 17.4. The zero-order valence-corrected chi connectivity index (χ0v) is 18.3. The summed E-state index contributed by atoms with van der Waals surface area (Å²) in [5.41, 5.74) is 3.09. The molecule has 1 amide bonds. The Morgan fingerprint density at radius 2 is 2.10 bits per heavy atom. The van der Waals surface area contributed by atoms with Crippen LogP contribution in [0.3, 0.4) is 0 Å². The predicted molar refractivity (Wildman–Crippen MR) is 117 cm³/mol. The van der Waals surface area contributed by atoms with Gasteiger partial charge in [0.05, 0.1) is 24.1 Å². The second-order valence-electron chi connectivity index (χ2n) is 8.21. The number of hydrogen-bond acceptors (Lipinski definition) is 6. The quantitative estimate of drug-likeness (QED) is 0.704. The van der Waals surface area contributed by atoms with Crippen LogP contribution in [-0.4, -0.2) is 29.7 Å². The van der Waals surface area contributed by atoms with E-state index in [0.717, 1.165) is 61.8 Å². The molecule has 1 aliphatic heterocycles. The lowest BCUT2D eigenvalue weighted by Crippen LogP contribution is -2.35. The molecule has 158 valence electrons. The monoisotopic (exact) mass is 424 g/mol. The molecular weight excluding hydrogens is 396 g/mol. The zero-order chi connectivity index (χ0) is 20.9. The average molecular weight is 425 g/mol. The standard InChI is InChI=1S/C23H28N4O2S/c1-16-8-10-27(11-9-16)22-19-7-3-2-6-18(19)20(13-24)23(26-22)30-15-21(28)25-14-17-5-4-12-29-17/h4-5,12,16H,2-3,6-11,14-15H2,1H3,(H,25,28). The van der Waals surface area contributed by atoms with E-state index in [0.29, 0.717) is 17.1 Å². The van der Waals surface area contributed by atoms with E-state index in [-0.39, 0.29) is 11.7 Å². The van der Waals surface area contributed by atoms with E-state index >= 15 is 0 Å². The summed E-state index contributed by atoms with van der Waals surface area (Å²) >= 11 is 1.37. The van der Waals surface area contributed by atoms with Crippen molar-refractivity contribution in [2.24, 2.45) is 5.92 Å². The van der Waals surface area contributed by atoms with Gasteiger partial charge in [-0.05, 0) is 67.7 Å². The van der Waals surface area contributed by atoms with Crippen LogP contribution in [0.2, 0.25) is 0 Å². The fourth-order valence-electron chi connectivity index (χ4n) is 4.26. The van der Waals surface area contributed by atoms with Gasteiger partial charge in [0.25, 0.3) is 0 Å². The number of fused-ring (bicyclic) bond motifs is 1. The molecule has 2 aliphatic rings. The van der Waals surface area contributed by atoms with Crippen molar-refractivity contribution in [3.8, 4) is 6.07 Å². The second-order valence-corrected chi connectivity index (χ2v) is 9.17. The number of nitriles is 1. The molecule has 1 saturated heterocycles. The number of nitrogens with one attached hydrogen (secondary N) is 1. The SMILES string of the molecule is CC1CCN(c2nc(SCC(=O)NCc3ccco3)c(C#N)c3c2CCCC3)CC1. The topological polar surface area (TPSA) is 82.2 Å². The molecule has 1 fully saturated rings. The lowest BCUT2D eigenvalue weighted by molar-refractivity contribution is -0.118. The van der Waals surface area contributed by atoms with E-state index < -0.39 is 0 Å². The number of nitrogens with zero attached hydrogens (tertiary/aromatic N) is 3. The van der Waals surface area contributed by atoms with E-state index in [1.807, 2.05) is 6.07 Å². The minimum atomic E-state index is -0.0897. The molecule has 0 bridgehead atoms. The Bertz CT molecular complexity index is 928. The van der Waals surface area contributed by atoms with Crippen LogP contribution in [0, 0.1) is 17.2 Å². The highest BCUT2D eigenvalue weighted by atomic mass is 32.2. The molecule has 2 aromatic rings. The van der Waals surface area contributed by atoms with Crippen LogP contribution in [0.1, 0.15) is 55.1 Å². The smallest absolute Gasteiger partial charge is 0.230 e. The third kappa shape index (κ3) is 4.65. The molecule has 2 aromatic heterocycles. The number of amides is 1. The first-order valence-electron chi connectivity index (χ1n) is 10.8. The predicted octanol–water partition coefficient (Wildman–Crippen LogP) is 4.07. The lowest BCUT2D eigenvalue weighted by Gasteiger charge is -2.34. The van der Waals surface area contributed by atoms with E-state index in [9.17, 15) is 10.1 Å². The molecule has 0 spiro atoms. The molecule has 30 heavy (non-hydrogen) atoms. The molecule has 6 nitrogen and oxygen atoms in total. The van der Waals surface area contributed by atoms with Crippen LogP contribution in [-0.2, 0) is 24.2 Å². The largest absolute Gasteiger partial charge is 0.467 e. The minimum Gasteiger partial charge on any atom is -0.467 e. The number of carbonyl (C=O) groups is 1. The highest BCUT2D eigenvalue weighted by molar-refractivity contribution is 8.00. The molecule has 1 aliphatic carbocycles. The van der Waals surface area contributed by atoms with Crippen molar-refractivity contribution in [3.05, 3.63) is 40.8 Å². The fourth-order valence-corrected chi connectivity index (χ4v) is 5.10. The van der Waals surface area contributed by atoms with Crippen molar-refractivity contribution in [1.82, 2.24) is 10.3 Å². The van der Waals surface area contributed by atoms with Crippen molar-refractivity contribution in [2.75, 3.05) is 23.7 Å². The molecule has 1 N–H and O–H groups in total. The van der Waals surface area contributed by atoms with Gasteiger partial charge in [-0.3, -0.25) is 4.79 Å². The maximum atomic E-state index is 12.3. The normalized spacial score (nSPS) is 16.7. The number of piperidine rings is 1. The van der Waals surface area contributed by atoms with Crippen molar-refractivity contribution in [3.63, 3.8) is 0 Å². The van der Waals surface area contributed by atoms with Gasteiger partial charge < -0.3 is 14.6 Å². The van der Waals surface area contributed by atoms with Crippen LogP contribution in [0.25, 0.3) is 0 Å². The summed E-state index contributed by atoms with van der Waals surface area (Å²) < 4.78 is 5.25. The molecule has 4 rings (SSSR count). The number of carbonyl (C=O) groups excluding carboxylic acids is 1. The molecule has 3 heterocycles. The first-order chi connectivity index (χ1) is 14.7. The molecule has 0 radical (unpaired) electrons. The Morgan fingerprint density at radius 1 is 1.33 bits per heavy atom. The molecule has 0 aromatic carbocycles. The summed E-state index contributed by atoms with van der Waals surface area (Å²) in [7, 11) is 0. The molecule has 0 unspecified atom stereocenters. The molecule has 0 saturated carbocycles. The summed E-state index contributed by atoms with van der Waals surface area (Å²) in [4.78, 5) is 19.7. The van der Waals surface area contributed by atoms with Gasteiger partial charge >= 0.3 is 0 Å². The van der Waals surface area contributed by atoms with Gasteiger partial charge in [0.15, 0.2) is 0 Å². The van der Waals surface area contributed by atoms with Crippen molar-refractivity contribution < 1.29 is 9.21 Å². The van der Waals surface area contributed by atoms with Crippen LogP contribution < -0.4 is 10.2 Å². The Kier molecular flexibility index (Phi) is 6.63. The highest BCUT2D eigenvalue weighted by Crippen LogP contribution is 2.37. The molecule has 0 atom stereocenters. The van der Waals surface area contributed by atoms with Gasteiger partial charge in [0.1, 0.15) is 22.7 Å². The van der Waals surface area contributed by atoms with Gasteiger partial charge in [0, 0.05) is 13.1 Å². The van der Waals surface area contributed by atoms with Crippen LogP contribution >= 0.6 is 11.8 Å². The van der Waals surface area contributed by atoms with Gasteiger partial charge in [-0.25, -0.2) is 4.98 Å². The Morgan fingerprint density at radius 3 is 2.80 bits per heavy atom. The number of thioether (sulfide) groups is 1. The summed E-state index contributed by atoms with van der Waals surface area (Å²) in [6.07, 6.45) is 8.12. The number of aromatic nitrogens is 1. The van der Waals surface area contributed by atoms with Gasteiger partial charge in [0.2, 0.25) is 5.91 Å². The fraction of sp³-hybridized carbons (Fsp3) is 0.522. The third-order valence-electron chi connectivity index (χ3n) is 6.04. The van der Waals surface area contributed by atoms with Crippen LogP contribution in [0.5, 0.6) is 0 Å². The van der Waals surface area contributed by atoms with Crippen molar-refractivity contribution >= 4 is 23.5 Å². The van der Waals surface area contributed by atoms with E-state index in [1.54, 1.807) is 12.3 Å². The lowest BCUT2D eigenvalue weighted by atomic mass is 9.88. The maximum absolute atomic E-state index is 12.3. The Hall–Kier alpha value is -2.46. The average Bonchev–Trinajstić information content (AvgIpc) is 3.30. The van der Waals surface area contributed by atoms with Crippen LogP contribution in [0.4, 0.5) is 5.82 Å². The number of anilines is 1. The summed E-state index contributed by atoms with van der Waals surface area (Å²) in [6.45, 7) is 4.70. The number of pyridine rings is 1. The number of hydrogen-bond donors (Lipinski definition) is 1. The summed E-state index contributed by atoms with van der Waals surface area (Å²) in [5.74, 6) is 2.67. The minimum absolute atomic E-state index is 0.0897. The van der Waals surface area contributed by atoms with Gasteiger partial charge in [-0.2, -0.15) is 5.26 Å². The van der Waals surface area contributed by atoms with Gasteiger partial charge in [-0.15, -0.1) is 0 Å². The first-order valence-corrected chi connectivity index (χ1v) is 11.8. The Balaban J connectivity index is 1.53. The number of furan rings is 1. The molecule has 7 heteroatoms. The first kappa shape index (κ1) is 20.8. The number of rotatable bonds is 6. The van der Waals surface area contributed by atoms with E-state index in [1.165, 1.54) is 30.2 Å². The summed E-state index contributed by atoms with van der Waals surface area (Å²) in [5, 5.41) is 13.4. The summed E-state index contributed by atoms with van der Waals surface area (Å²) in [6, 6.07) is 6.02. The van der Waals surface area contributed by atoms with E-state index in [2.05, 4.69) is 23.2 Å². The van der Waals surface area contributed by atoms with Crippen LogP contribution in [0.15, 0.2) is 27.8 Å². The molecular formula is C23H28N4O2S. The van der Waals surface area contributed by atoms with Crippen molar-refractivity contribution in [2.45, 2.75) is 57.0 Å². The third-order valence-corrected chi connectivity index (χ3v) is 7.01. The maximum Gasteiger partial charge on any atom is 0.230 e. The highest BCUT2D eigenvalue weighted by Gasteiger charge is 2.27. The van der Waals surface area contributed by atoms with Gasteiger partial charge in [-0.1, -0.05) is 18.7 Å². The van der Waals surface area contributed by atoms with Crippen molar-refractivity contribution in [1.29, 1.82) is 5.26 Å². The van der Waals surface area contributed by atoms with E-state index in [4.69, 9.17) is 9.40 Å².